The Morgan fingerprint density at radius 2 is 1.83 bits per heavy atom. The number of carbonyl (C=O) groups excluding carboxylic acids is 1. The van der Waals surface area contributed by atoms with E-state index in [1.165, 1.54) is 16.3 Å². The lowest BCUT2D eigenvalue weighted by Gasteiger charge is -2.27. The first-order chi connectivity index (χ1) is 11.1. The standard InChI is InChI=1S/C20H24N2O/c1-20(2,22-19(23)18-16-11-21-12-17(16)18)10-14-8-5-7-13-6-3-4-9-15(13)14/h3-9,16-18,21H,10-12H2,1-2H3,(H,22,23)/t16-,17+,18+. The lowest BCUT2D eigenvalue weighted by molar-refractivity contribution is -0.124. The van der Waals surface area contributed by atoms with Gasteiger partial charge in [-0.15, -0.1) is 0 Å². The zero-order chi connectivity index (χ0) is 16.0. The second-order valence-corrected chi connectivity index (χ2v) is 7.70. The van der Waals surface area contributed by atoms with Gasteiger partial charge in [-0.25, -0.2) is 0 Å². The Morgan fingerprint density at radius 3 is 2.61 bits per heavy atom. The lowest BCUT2D eigenvalue weighted by atomic mass is 9.91. The maximum Gasteiger partial charge on any atom is 0.224 e. The molecule has 0 bridgehead atoms. The molecule has 1 saturated heterocycles. The summed E-state index contributed by atoms with van der Waals surface area (Å²) < 4.78 is 0. The molecule has 1 aliphatic heterocycles. The number of amides is 1. The number of benzene rings is 2. The van der Waals surface area contributed by atoms with Crippen LogP contribution in [0.25, 0.3) is 10.8 Å². The highest BCUT2D eigenvalue weighted by Crippen LogP contribution is 2.48. The van der Waals surface area contributed by atoms with Crippen LogP contribution >= 0.6 is 0 Å². The molecule has 0 aromatic heterocycles. The summed E-state index contributed by atoms with van der Waals surface area (Å²) in [6.45, 7) is 6.27. The quantitative estimate of drug-likeness (QED) is 0.912. The molecule has 2 N–H and O–H groups in total. The predicted octanol–water partition coefficient (Wildman–Crippen LogP) is 2.74. The van der Waals surface area contributed by atoms with Gasteiger partial charge in [0.05, 0.1) is 0 Å². The van der Waals surface area contributed by atoms with Crippen molar-refractivity contribution in [3.05, 3.63) is 48.0 Å². The highest BCUT2D eigenvalue weighted by molar-refractivity contribution is 5.86. The van der Waals surface area contributed by atoms with Crippen molar-refractivity contribution in [2.75, 3.05) is 13.1 Å². The molecular weight excluding hydrogens is 284 g/mol. The number of rotatable bonds is 4. The van der Waals surface area contributed by atoms with Crippen LogP contribution in [0.3, 0.4) is 0 Å². The Morgan fingerprint density at radius 1 is 1.13 bits per heavy atom. The summed E-state index contributed by atoms with van der Waals surface area (Å²) in [6.07, 6.45) is 0.848. The molecule has 0 radical (unpaired) electrons. The summed E-state index contributed by atoms with van der Waals surface area (Å²) >= 11 is 0. The third kappa shape index (κ3) is 2.74. The van der Waals surface area contributed by atoms with Crippen LogP contribution in [0.15, 0.2) is 42.5 Å². The van der Waals surface area contributed by atoms with Gasteiger partial charge in [-0.3, -0.25) is 4.79 Å². The van der Waals surface area contributed by atoms with Crippen LogP contribution in [0.2, 0.25) is 0 Å². The van der Waals surface area contributed by atoms with Crippen molar-refractivity contribution in [1.29, 1.82) is 0 Å². The molecule has 1 aliphatic carbocycles. The summed E-state index contributed by atoms with van der Waals surface area (Å²) in [4.78, 5) is 12.5. The lowest BCUT2D eigenvalue weighted by Crippen LogP contribution is -2.46. The fourth-order valence-electron chi connectivity index (χ4n) is 4.19. The molecular formula is C20H24N2O. The molecule has 23 heavy (non-hydrogen) atoms. The molecule has 4 rings (SSSR count). The van der Waals surface area contributed by atoms with E-state index in [0.717, 1.165) is 19.5 Å². The van der Waals surface area contributed by atoms with Crippen LogP contribution < -0.4 is 10.6 Å². The average molecular weight is 308 g/mol. The average Bonchev–Trinajstić information content (AvgIpc) is 3.01. The van der Waals surface area contributed by atoms with E-state index < -0.39 is 0 Å². The van der Waals surface area contributed by atoms with Gasteiger partial charge in [0.2, 0.25) is 5.91 Å². The van der Waals surface area contributed by atoms with Gasteiger partial charge in [0.15, 0.2) is 0 Å². The van der Waals surface area contributed by atoms with Crippen LogP contribution in [0.5, 0.6) is 0 Å². The van der Waals surface area contributed by atoms with Crippen molar-refractivity contribution in [2.24, 2.45) is 17.8 Å². The third-order valence-corrected chi connectivity index (χ3v) is 5.37. The number of nitrogens with one attached hydrogen (secondary N) is 2. The zero-order valence-corrected chi connectivity index (χ0v) is 13.8. The summed E-state index contributed by atoms with van der Waals surface area (Å²) in [6, 6.07) is 14.9. The molecule has 1 amide bonds. The van der Waals surface area contributed by atoms with Gasteiger partial charge in [-0.1, -0.05) is 42.5 Å². The Bertz CT molecular complexity index is 737. The van der Waals surface area contributed by atoms with E-state index in [1.54, 1.807) is 0 Å². The van der Waals surface area contributed by atoms with Gasteiger partial charge in [0.25, 0.3) is 0 Å². The SMILES string of the molecule is CC(C)(Cc1cccc2ccccc12)NC(=O)[C@H]1[C@@H]2CNC[C@@H]21. The molecule has 1 heterocycles. The maximum atomic E-state index is 12.5. The Labute approximate surface area is 137 Å². The summed E-state index contributed by atoms with van der Waals surface area (Å²) in [5.74, 6) is 1.63. The largest absolute Gasteiger partial charge is 0.351 e. The summed E-state index contributed by atoms with van der Waals surface area (Å²) in [5.41, 5.74) is 1.07. The van der Waals surface area contributed by atoms with Crippen molar-refractivity contribution in [3.63, 3.8) is 0 Å². The van der Waals surface area contributed by atoms with E-state index in [0.29, 0.717) is 11.8 Å². The fraction of sp³-hybridized carbons (Fsp3) is 0.450. The Balaban J connectivity index is 1.49. The van der Waals surface area contributed by atoms with Gasteiger partial charge >= 0.3 is 0 Å². The maximum absolute atomic E-state index is 12.5. The first-order valence-corrected chi connectivity index (χ1v) is 8.54. The molecule has 2 aliphatic rings. The molecule has 3 nitrogen and oxygen atoms in total. The molecule has 3 atom stereocenters. The molecule has 2 aromatic carbocycles. The van der Waals surface area contributed by atoms with Crippen molar-refractivity contribution in [3.8, 4) is 0 Å². The smallest absolute Gasteiger partial charge is 0.224 e. The molecule has 0 unspecified atom stereocenters. The monoisotopic (exact) mass is 308 g/mol. The molecule has 3 heteroatoms. The zero-order valence-electron chi connectivity index (χ0n) is 13.8. The number of piperidine rings is 1. The van der Waals surface area contributed by atoms with Gasteiger partial charge in [-0.05, 0) is 61.5 Å². The van der Waals surface area contributed by atoms with Gasteiger partial charge in [-0.2, -0.15) is 0 Å². The van der Waals surface area contributed by atoms with E-state index in [-0.39, 0.29) is 17.4 Å². The second kappa shape index (κ2) is 5.34. The molecule has 2 aromatic rings. The Kier molecular flexibility index (Phi) is 3.42. The third-order valence-electron chi connectivity index (χ3n) is 5.37. The summed E-state index contributed by atoms with van der Waals surface area (Å²) in [7, 11) is 0. The second-order valence-electron chi connectivity index (χ2n) is 7.70. The summed E-state index contributed by atoms with van der Waals surface area (Å²) in [5, 5.41) is 9.18. The minimum absolute atomic E-state index is 0.231. The fourth-order valence-corrected chi connectivity index (χ4v) is 4.19. The predicted molar refractivity (Wildman–Crippen MR) is 93.2 cm³/mol. The van der Waals surface area contributed by atoms with Gasteiger partial charge < -0.3 is 10.6 Å². The molecule has 0 spiro atoms. The van der Waals surface area contributed by atoms with Crippen LogP contribution in [-0.2, 0) is 11.2 Å². The van der Waals surface area contributed by atoms with Crippen molar-refractivity contribution in [2.45, 2.75) is 25.8 Å². The van der Waals surface area contributed by atoms with Crippen molar-refractivity contribution >= 4 is 16.7 Å². The van der Waals surface area contributed by atoms with E-state index >= 15 is 0 Å². The van der Waals surface area contributed by atoms with Crippen LogP contribution in [0, 0.1) is 17.8 Å². The highest BCUT2D eigenvalue weighted by Gasteiger charge is 2.57. The number of hydrogen-bond acceptors (Lipinski definition) is 2. The normalized spacial score (nSPS) is 26.1. The number of carbonyl (C=O) groups is 1. The van der Waals surface area contributed by atoms with E-state index in [2.05, 4.69) is 66.9 Å². The minimum atomic E-state index is -0.231. The topological polar surface area (TPSA) is 41.1 Å². The van der Waals surface area contributed by atoms with Gasteiger partial charge in [0, 0.05) is 11.5 Å². The van der Waals surface area contributed by atoms with E-state index in [9.17, 15) is 4.79 Å². The number of fused-ring (bicyclic) bond motifs is 2. The van der Waals surface area contributed by atoms with Crippen molar-refractivity contribution < 1.29 is 4.79 Å². The van der Waals surface area contributed by atoms with Crippen LogP contribution in [0.4, 0.5) is 0 Å². The van der Waals surface area contributed by atoms with Crippen molar-refractivity contribution in [1.82, 2.24) is 10.6 Å². The Hall–Kier alpha value is -1.87. The first-order valence-electron chi connectivity index (χ1n) is 8.54. The van der Waals surface area contributed by atoms with Gasteiger partial charge in [0.1, 0.15) is 0 Å². The van der Waals surface area contributed by atoms with Crippen LogP contribution in [-0.4, -0.2) is 24.5 Å². The molecule has 2 fully saturated rings. The van der Waals surface area contributed by atoms with E-state index in [1.807, 2.05) is 0 Å². The highest BCUT2D eigenvalue weighted by atomic mass is 16.2. The molecule has 1 saturated carbocycles. The van der Waals surface area contributed by atoms with Crippen LogP contribution in [0.1, 0.15) is 19.4 Å². The number of hydrogen-bond donors (Lipinski definition) is 2. The first kappa shape index (κ1) is 14.7. The molecule has 120 valence electrons. The minimum Gasteiger partial charge on any atom is -0.351 e. The van der Waals surface area contributed by atoms with E-state index in [4.69, 9.17) is 0 Å².